The van der Waals surface area contributed by atoms with Gasteiger partial charge in [0.25, 0.3) is 0 Å². The molecule has 0 aliphatic rings. The molecular formula is C14H24N2O2. The van der Waals surface area contributed by atoms with Gasteiger partial charge < -0.3 is 14.8 Å². The van der Waals surface area contributed by atoms with Crippen LogP contribution in [0.3, 0.4) is 0 Å². The number of methoxy groups -OCH3 is 1. The first-order valence-electron chi connectivity index (χ1n) is 6.42. The Labute approximate surface area is 110 Å². The van der Waals surface area contributed by atoms with Crippen molar-refractivity contribution in [3.05, 3.63) is 23.4 Å². The van der Waals surface area contributed by atoms with E-state index >= 15 is 0 Å². The lowest BCUT2D eigenvalue weighted by Crippen LogP contribution is -2.19. The lowest BCUT2D eigenvalue weighted by atomic mass is 10.2. The highest BCUT2D eigenvalue weighted by Gasteiger charge is 2.03. The van der Waals surface area contributed by atoms with Crippen LogP contribution in [0.4, 0.5) is 0 Å². The minimum Gasteiger partial charge on any atom is -0.475 e. The third kappa shape index (κ3) is 5.47. The highest BCUT2D eigenvalue weighted by atomic mass is 16.5. The Balaban J connectivity index is 2.46. The summed E-state index contributed by atoms with van der Waals surface area (Å²) in [6.45, 7) is 9.40. The lowest BCUT2D eigenvalue weighted by Gasteiger charge is -2.11. The van der Waals surface area contributed by atoms with E-state index < -0.39 is 0 Å². The van der Waals surface area contributed by atoms with E-state index in [9.17, 15) is 0 Å². The molecule has 0 amide bonds. The predicted octanol–water partition coefficient (Wildman–Crippen LogP) is 2.16. The molecule has 1 aromatic heterocycles. The van der Waals surface area contributed by atoms with Crippen molar-refractivity contribution in [2.24, 2.45) is 5.92 Å². The van der Waals surface area contributed by atoms with Gasteiger partial charge in [0.2, 0.25) is 5.88 Å². The van der Waals surface area contributed by atoms with Gasteiger partial charge in [-0.3, -0.25) is 0 Å². The van der Waals surface area contributed by atoms with E-state index in [-0.39, 0.29) is 0 Å². The Kier molecular flexibility index (Phi) is 6.68. The summed E-state index contributed by atoms with van der Waals surface area (Å²) in [5.74, 6) is 1.33. The van der Waals surface area contributed by atoms with E-state index in [1.165, 1.54) is 5.56 Å². The van der Waals surface area contributed by atoms with Crippen molar-refractivity contribution in [2.75, 3.05) is 26.9 Å². The predicted molar refractivity (Wildman–Crippen MR) is 72.9 cm³/mol. The average Bonchev–Trinajstić information content (AvgIpc) is 2.32. The third-order valence-corrected chi connectivity index (χ3v) is 2.58. The summed E-state index contributed by atoms with van der Waals surface area (Å²) in [6.07, 6.45) is 0. The van der Waals surface area contributed by atoms with Crippen LogP contribution in [-0.4, -0.2) is 31.9 Å². The molecule has 1 N–H and O–H groups in total. The molecule has 0 fully saturated rings. The number of nitrogens with zero attached hydrogens (tertiary/aromatic N) is 1. The summed E-state index contributed by atoms with van der Waals surface area (Å²) >= 11 is 0. The molecule has 1 rings (SSSR count). The second kappa shape index (κ2) is 8.06. The highest BCUT2D eigenvalue weighted by Crippen LogP contribution is 2.12. The Bertz CT molecular complexity index is 354. The van der Waals surface area contributed by atoms with Gasteiger partial charge in [-0.25, -0.2) is 4.98 Å². The van der Waals surface area contributed by atoms with Crippen molar-refractivity contribution in [3.63, 3.8) is 0 Å². The average molecular weight is 252 g/mol. The number of hydrogen-bond acceptors (Lipinski definition) is 4. The lowest BCUT2D eigenvalue weighted by molar-refractivity contribution is 0.143. The summed E-state index contributed by atoms with van der Waals surface area (Å²) in [7, 11) is 1.66. The van der Waals surface area contributed by atoms with Gasteiger partial charge in [-0.1, -0.05) is 19.9 Å². The SMILES string of the molecule is COCCOc1ccc(CNCC(C)C)c(C)n1. The second-order valence-corrected chi connectivity index (χ2v) is 4.76. The number of aryl methyl sites for hydroxylation is 1. The number of aromatic nitrogens is 1. The van der Waals surface area contributed by atoms with Crippen LogP contribution in [0.1, 0.15) is 25.1 Å². The molecule has 1 heterocycles. The summed E-state index contributed by atoms with van der Waals surface area (Å²) in [6, 6.07) is 3.98. The van der Waals surface area contributed by atoms with E-state index in [1.807, 2.05) is 13.0 Å². The maximum absolute atomic E-state index is 5.47. The molecule has 0 spiro atoms. The van der Waals surface area contributed by atoms with Gasteiger partial charge in [0.1, 0.15) is 6.61 Å². The quantitative estimate of drug-likeness (QED) is 0.720. The highest BCUT2D eigenvalue weighted by molar-refractivity contribution is 5.24. The van der Waals surface area contributed by atoms with Crippen LogP contribution in [-0.2, 0) is 11.3 Å². The molecule has 0 aromatic carbocycles. The molecule has 0 radical (unpaired) electrons. The Morgan fingerprint density at radius 3 is 2.67 bits per heavy atom. The summed E-state index contributed by atoms with van der Waals surface area (Å²) in [5, 5.41) is 3.41. The molecule has 0 atom stereocenters. The first-order valence-corrected chi connectivity index (χ1v) is 6.42. The molecule has 0 aliphatic carbocycles. The minimum atomic E-state index is 0.536. The van der Waals surface area contributed by atoms with Crippen LogP contribution in [0.2, 0.25) is 0 Å². The maximum atomic E-state index is 5.47. The smallest absolute Gasteiger partial charge is 0.213 e. The maximum Gasteiger partial charge on any atom is 0.213 e. The zero-order valence-electron chi connectivity index (χ0n) is 11.8. The first-order chi connectivity index (χ1) is 8.63. The van der Waals surface area contributed by atoms with Crippen LogP contribution in [0.15, 0.2) is 12.1 Å². The molecule has 0 aliphatic heterocycles. The largest absolute Gasteiger partial charge is 0.475 e. The van der Waals surface area contributed by atoms with Crippen molar-refractivity contribution in [1.82, 2.24) is 10.3 Å². The van der Waals surface area contributed by atoms with Crippen LogP contribution in [0, 0.1) is 12.8 Å². The monoisotopic (exact) mass is 252 g/mol. The normalized spacial score (nSPS) is 10.9. The molecular weight excluding hydrogens is 228 g/mol. The van der Waals surface area contributed by atoms with Crippen LogP contribution >= 0.6 is 0 Å². The fourth-order valence-electron chi connectivity index (χ4n) is 1.56. The van der Waals surface area contributed by atoms with Gasteiger partial charge in [-0.15, -0.1) is 0 Å². The van der Waals surface area contributed by atoms with Gasteiger partial charge in [0.15, 0.2) is 0 Å². The van der Waals surface area contributed by atoms with Crippen LogP contribution < -0.4 is 10.1 Å². The molecule has 102 valence electrons. The second-order valence-electron chi connectivity index (χ2n) is 4.76. The Morgan fingerprint density at radius 2 is 2.06 bits per heavy atom. The van der Waals surface area contributed by atoms with E-state index in [0.717, 1.165) is 18.8 Å². The minimum absolute atomic E-state index is 0.536. The van der Waals surface area contributed by atoms with E-state index in [2.05, 4.69) is 30.2 Å². The van der Waals surface area contributed by atoms with E-state index in [1.54, 1.807) is 7.11 Å². The van der Waals surface area contributed by atoms with Gasteiger partial charge >= 0.3 is 0 Å². The van der Waals surface area contributed by atoms with Crippen molar-refractivity contribution in [1.29, 1.82) is 0 Å². The Hall–Kier alpha value is -1.13. The fourth-order valence-corrected chi connectivity index (χ4v) is 1.56. The van der Waals surface area contributed by atoms with Gasteiger partial charge in [0.05, 0.1) is 6.61 Å². The van der Waals surface area contributed by atoms with Crippen LogP contribution in [0.5, 0.6) is 5.88 Å². The van der Waals surface area contributed by atoms with Crippen molar-refractivity contribution >= 4 is 0 Å². The molecule has 4 heteroatoms. The third-order valence-electron chi connectivity index (χ3n) is 2.58. The molecule has 0 unspecified atom stereocenters. The topological polar surface area (TPSA) is 43.4 Å². The van der Waals surface area contributed by atoms with Crippen molar-refractivity contribution in [2.45, 2.75) is 27.3 Å². The zero-order chi connectivity index (χ0) is 13.4. The summed E-state index contributed by atoms with van der Waals surface area (Å²) < 4.78 is 10.4. The number of ether oxygens (including phenoxy) is 2. The molecule has 0 saturated carbocycles. The standard InChI is InChI=1S/C14H24N2O2/c1-11(2)9-15-10-13-5-6-14(16-12(13)3)18-8-7-17-4/h5-6,11,15H,7-10H2,1-4H3. The number of nitrogens with one attached hydrogen (secondary N) is 1. The Morgan fingerprint density at radius 1 is 1.28 bits per heavy atom. The van der Waals surface area contributed by atoms with Crippen LogP contribution in [0.25, 0.3) is 0 Å². The first kappa shape index (κ1) is 14.9. The fraction of sp³-hybridized carbons (Fsp3) is 0.643. The number of hydrogen-bond donors (Lipinski definition) is 1. The number of rotatable bonds is 8. The molecule has 4 nitrogen and oxygen atoms in total. The zero-order valence-corrected chi connectivity index (χ0v) is 11.8. The molecule has 0 saturated heterocycles. The van der Waals surface area contributed by atoms with Gasteiger partial charge in [-0.05, 0) is 24.9 Å². The molecule has 18 heavy (non-hydrogen) atoms. The summed E-state index contributed by atoms with van der Waals surface area (Å²) in [5.41, 5.74) is 2.23. The van der Waals surface area contributed by atoms with E-state index in [0.29, 0.717) is 25.0 Å². The van der Waals surface area contributed by atoms with Gasteiger partial charge in [0, 0.05) is 25.4 Å². The molecule has 0 bridgehead atoms. The molecule has 1 aromatic rings. The van der Waals surface area contributed by atoms with Crippen molar-refractivity contribution in [3.8, 4) is 5.88 Å². The summed E-state index contributed by atoms with van der Waals surface area (Å²) in [4.78, 5) is 4.42. The number of pyridine rings is 1. The van der Waals surface area contributed by atoms with Crippen molar-refractivity contribution < 1.29 is 9.47 Å². The van der Waals surface area contributed by atoms with Gasteiger partial charge in [-0.2, -0.15) is 0 Å². The van der Waals surface area contributed by atoms with E-state index in [4.69, 9.17) is 9.47 Å².